The Labute approximate surface area is 215 Å². The smallest absolute Gasteiger partial charge is 0.416 e. The van der Waals surface area contributed by atoms with Crippen molar-refractivity contribution in [1.29, 1.82) is 0 Å². The molecule has 2 atom stereocenters. The molecule has 5 rings (SSSR count). The molecular formula is C26H23Cl2F3N2O3. The van der Waals surface area contributed by atoms with Gasteiger partial charge in [-0.25, -0.2) is 0 Å². The van der Waals surface area contributed by atoms with Crippen LogP contribution < -0.4 is 0 Å². The fraction of sp³-hybridized carbons (Fsp3) is 0.385. The number of fused-ring (bicyclic) bond motifs is 2. The second kappa shape index (κ2) is 8.42. The molecule has 0 N–H and O–H groups in total. The monoisotopic (exact) mass is 538 g/mol. The van der Waals surface area contributed by atoms with Crippen LogP contribution >= 0.6 is 23.2 Å². The third-order valence-electron chi connectivity index (χ3n) is 7.75. The van der Waals surface area contributed by atoms with Crippen LogP contribution in [0.2, 0.25) is 10.0 Å². The highest BCUT2D eigenvalue weighted by Crippen LogP contribution is 2.54. The molecule has 0 bridgehead atoms. The predicted octanol–water partition coefficient (Wildman–Crippen LogP) is 6.18. The molecule has 190 valence electrons. The second-order valence-corrected chi connectivity index (χ2v) is 10.4. The summed E-state index contributed by atoms with van der Waals surface area (Å²) in [5, 5.41) is 1.25. The van der Waals surface area contributed by atoms with Gasteiger partial charge in [0.05, 0.1) is 23.3 Å². The number of ether oxygens (including phenoxy) is 1. The first kappa shape index (κ1) is 25.0. The molecule has 2 aromatic carbocycles. The molecule has 3 aromatic rings. The fourth-order valence-corrected chi connectivity index (χ4v) is 6.12. The minimum atomic E-state index is -4.45. The van der Waals surface area contributed by atoms with Gasteiger partial charge in [0.15, 0.2) is 0 Å². The Morgan fingerprint density at radius 1 is 1.19 bits per heavy atom. The van der Waals surface area contributed by atoms with Crippen molar-refractivity contribution in [2.45, 2.75) is 38.4 Å². The number of alkyl halides is 3. The van der Waals surface area contributed by atoms with Gasteiger partial charge in [-0.05, 0) is 61.2 Å². The van der Waals surface area contributed by atoms with Crippen LogP contribution in [-0.4, -0.2) is 41.0 Å². The van der Waals surface area contributed by atoms with Crippen molar-refractivity contribution in [3.63, 3.8) is 0 Å². The molecule has 5 nitrogen and oxygen atoms in total. The topological polar surface area (TPSA) is 51.5 Å². The Hall–Kier alpha value is -2.71. The molecule has 2 heterocycles. The van der Waals surface area contributed by atoms with Gasteiger partial charge in [0.25, 0.3) is 5.91 Å². The molecule has 1 aliphatic heterocycles. The average Bonchev–Trinajstić information content (AvgIpc) is 3.13. The van der Waals surface area contributed by atoms with E-state index in [0.717, 1.165) is 12.1 Å². The van der Waals surface area contributed by atoms with Crippen LogP contribution in [0.5, 0.6) is 0 Å². The second-order valence-electron chi connectivity index (χ2n) is 9.62. The number of amides is 1. The van der Waals surface area contributed by atoms with Crippen molar-refractivity contribution in [3.05, 3.63) is 68.3 Å². The lowest BCUT2D eigenvalue weighted by Crippen LogP contribution is -2.75. The molecule has 0 spiro atoms. The van der Waals surface area contributed by atoms with E-state index in [9.17, 15) is 22.8 Å². The molecular weight excluding hydrogens is 516 g/mol. The van der Waals surface area contributed by atoms with E-state index in [0.29, 0.717) is 45.6 Å². The van der Waals surface area contributed by atoms with Crippen molar-refractivity contribution in [2.24, 2.45) is 12.5 Å². The summed E-state index contributed by atoms with van der Waals surface area (Å²) in [7, 11) is 3.04. The molecule has 36 heavy (non-hydrogen) atoms. The standard InChI is InChI=1S/C26H23Cl2F3N2O3/c1-13-8-14(26(29,30)31)9-20-17(13)10-15(32(20)2)11-18-19(27)5-4-16(22(18)28)23(34)33-12-25(24(35)36-3)7-6-21(25)33/h4-5,8-10,21H,6-7,11-12H2,1-3H3/t21?,25-/m0/s1. The van der Waals surface area contributed by atoms with Gasteiger partial charge in [0, 0.05) is 47.7 Å². The van der Waals surface area contributed by atoms with Gasteiger partial charge in [0.1, 0.15) is 5.41 Å². The molecule has 1 aliphatic carbocycles. The Balaban J connectivity index is 1.47. The molecule has 1 saturated carbocycles. The number of carbonyl (C=O) groups excluding carboxylic acids is 2. The van der Waals surface area contributed by atoms with Crippen molar-refractivity contribution < 1.29 is 27.5 Å². The van der Waals surface area contributed by atoms with Gasteiger partial charge in [-0.2, -0.15) is 13.2 Å². The highest BCUT2D eigenvalue weighted by atomic mass is 35.5. The van der Waals surface area contributed by atoms with E-state index in [1.54, 1.807) is 35.6 Å². The van der Waals surface area contributed by atoms with E-state index in [1.807, 2.05) is 6.07 Å². The molecule has 2 fully saturated rings. The molecule has 2 aliphatic rings. The number of nitrogens with zero attached hydrogens (tertiary/aromatic N) is 2. The minimum Gasteiger partial charge on any atom is -0.468 e. The summed E-state index contributed by atoms with van der Waals surface area (Å²) >= 11 is 13.2. The van der Waals surface area contributed by atoms with E-state index in [-0.39, 0.29) is 41.5 Å². The third-order valence-corrected chi connectivity index (χ3v) is 8.54. The van der Waals surface area contributed by atoms with Crippen molar-refractivity contribution in [1.82, 2.24) is 9.47 Å². The number of benzene rings is 2. The normalized spacial score (nSPS) is 21.1. The van der Waals surface area contributed by atoms with E-state index in [4.69, 9.17) is 27.9 Å². The lowest BCUT2D eigenvalue weighted by atomic mass is 9.57. The molecule has 10 heteroatoms. The number of rotatable bonds is 4. The van der Waals surface area contributed by atoms with Crippen molar-refractivity contribution in [3.8, 4) is 0 Å². The lowest BCUT2D eigenvalue weighted by molar-refractivity contribution is -0.188. The molecule has 1 amide bonds. The van der Waals surface area contributed by atoms with Crippen molar-refractivity contribution >= 4 is 46.0 Å². The van der Waals surface area contributed by atoms with E-state index < -0.39 is 17.2 Å². The zero-order valence-corrected chi connectivity index (χ0v) is 21.3. The first-order valence-electron chi connectivity index (χ1n) is 11.4. The molecule has 0 radical (unpaired) electrons. The van der Waals surface area contributed by atoms with Crippen LogP contribution in [0.25, 0.3) is 10.9 Å². The summed E-state index contributed by atoms with van der Waals surface area (Å²) < 4.78 is 46.6. The quantitative estimate of drug-likeness (QED) is 0.372. The van der Waals surface area contributed by atoms with Gasteiger partial charge < -0.3 is 14.2 Å². The van der Waals surface area contributed by atoms with E-state index in [1.165, 1.54) is 7.11 Å². The van der Waals surface area contributed by atoms with Crippen LogP contribution in [0.1, 0.15) is 45.6 Å². The van der Waals surface area contributed by atoms with Gasteiger partial charge in [-0.1, -0.05) is 23.2 Å². The van der Waals surface area contributed by atoms with Gasteiger partial charge in [-0.15, -0.1) is 0 Å². The first-order valence-corrected chi connectivity index (χ1v) is 12.2. The fourth-order valence-electron chi connectivity index (χ4n) is 5.54. The highest BCUT2D eigenvalue weighted by molar-refractivity contribution is 6.38. The van der Waals surface area contributed by atoms with Crippen LogP contribution in [0.4, 0.5) is 13.2 Å². The molecule has 1 saturated heterocycles. The summed E-state index contributed by atoms with van der Waals surface area (Å²) in [5.74, 6) is -0.588. The Bertz CT molecular complexity index is 1430. The Morgan fingerprint density at radius 3 is 2.50 bits per heavy atom. The minimum absolute atomic E-state index is 0.195. The number of hydrogen-bond acceptors (Lipinski definition) is 3. The van der Waals surface area contributed by atoms with Gasteiger partial charge in [0.2, 0.25) is 0 Å². The summed E-state index contributed by atoms with van der Waals surface area (Å²) in [6, 6.07) is 7.03. The van der Waals surface area contributed by atoms with Crippen LogP contribution in [0, 0.1) is 12.3 Å². The van der Waals surface area contributed by atoms with Crippen molar-refractivity contribution in [2.75, 3.05) is 13.7 Å². The summed E-state index contributed by atoms with van der Waals surface area (Å²) in [6.07, 6.45) is -2.83. The third kappa shape index (κ3) is 3.60. The van der Waals surface area contributed by atoms with Crippen LogP contribution in [-0.2, 0) is 29.2 Å². The number of aromatic nitrogens is 1. The predicted molar refractivity (Wildman–Crippen MR) is 130 cm³/mol. The average molecular weight is 539 g/mol. The highest BCUT2D eigenvalue weighted by Gasteiger charge is 2.66. The van der Waals surface area contributed by atoms with Gasteiger partial charge in [-0.3, -0.25) is 9.59 Å². The maximum absolute atomic E-state index is 13.3. The maximum atomic E-state index is 13.3. The molecule has 1 unspecified atom stereocenters. The van der Waals surface area contributed by atoms with Crippen LogP contribution in [0.15, 0.2) is 30.3 Å². The summed E-state index contributed by atoms with van der Waals surface area (Å²) in [5.41, 5.74) is 1.11. The zero-order valence-electron chi connectivity index (χ0n) is 19.8. The summed E-state index contributed by atoms with van der Waals surface area (Å²) in [4.78, 5) is 27.2. The summed E-state index contributed by atoms with van der Waals surface area (Å²) in [6.45, 7) is 1.92. The number of aryl methyl sites for hydroxylation is 2. The first-order chi connectivity index (χ1) is 16.9. The number of carbonyl (C=O) groups is 2. The number of methoxy groups -OCH3 is 1. The number of esters is 1. The lowest BCUT2D eigenvalue weighted by Gasteiger charge is -2.62. The maximum Gasteiger partial charge on any atom is 0.416 e. The molecule has 1 aromatic heterocycles. The SMILES string of the molecule is COC(=O)[C@]12CCC1N(C(=O)c1ccc(Cl)c(Cc3cc4c(C)cc(C(F)(F)F)cc4n3C)c1Cl)C2. The van der Waals surface area contributed by atoms with Crippen LogP contribution in [0.3, 0.4) is 0 Å². The number of hydrogen-bond donors (Lipinski definition) is 0. The van der Waals surface area contributed by atoms with Gasteiger partial charge >= 0.3 is 12.1 Å². The van der Waals surface area contributed by atoms with E-state index in [2.05, 4.69) is 0 Å². The Morgan fingerprint density at radius 2 is 1.92 bits per heavy atom. The number of likely N-dealkylation sites (tertiary alicyclic amines) is 1. The Kier molecular flexibility index (Phi) is 5.84. The number of halogens is 5. The zero-order chi connectivity index (χ0) is 26.2. The number of piperidine rings is 1. The van der Waals surface area contributed by atoms with E-state index >= 15 is 0 Å². The largest absolute Gasteiger partial charge is 0.468 e.